The SMILES string of the molecule is C=C[Si](O)O. The average Bonchev–Trinajstić information content (AvgIpc) is 1.38. The first-order chi connectivity index (χ1) is 2.27. The first kappa shape index (κ1) is 4.88. The van der Waals surface area contributed by atoms with Crippen LogP contribution in [0, 0.1) is 0 Å². The highest BCUT2D eigenvalue weighted by atomic mass is 28.3. The molecular formula is C2H5O2Si. The highest BCUT2D eigenvalue weighted by Gasteiger charge is 1.88. The van der Waals surface area contributed by atoms with Crippen LogP contribution in [0.25, 0.3) is 0 Å². The molecular weight excluding hydrogens is 84.1 g/mol. The Morgan fingerprint density at radius 2 is 1.80 bits per heavy atom. The van der Waals surface area contributed by atoms with E-state index < -0.39 is 9.28 Å². The van der Waals surface area contributed by atoms with E-state index in [0.29, 0.717) is 0 Å². The third kappa shape index (κ3) is 3.88. The molecule has 0 rings (SSSR count). The van der Waals surface area contributed by atoms with E-state index in [4.69, 9.17) is 9.59 Å². The molecule has 3 heteroatoms. The second kappa shape index (κ2) is 2.13. The minimum atomic E-state index is -2.11. The zero-order valence-corrected chi connectivity index (χ0v) is 3.68. The van der Waals surface area contributed by atoms with Crippen LogP contribution < -0.4 is 0 Å². The van der Waals surface area contributed by atoms with E-state index in [0.717, 1.165) is 5.70 Å². The molecule has 0 aliphatic heterocycles. The maximum absolute atomic E-state index is 7.90. The molecule has 5 heavy (non-hydrogen) atoms. The lowest BCUT2D eigenvalue weighted by Gasteiger charge is -1.77. The third-order valence-corrected chi connectivity index (χ3v) is 0.548. The predicted molar refractivity (Wildman–Crippen MR) is 20.4 cm³/mol. The van der Waals surface area contributed by atoms with E-state index in [-0.39, 0.29) is 0 Å². The molecule has 0 aromatic heterocycles. The van der Waals surface area contributed by atoms with Crippen molar-refractivity contribution in [1.82, 2.24) is 0 Å². The molecule has 1 radical (unpaired) electrons. The minimum Gasteiger partial charge on any atom is -0.407 e. The van der Waals surface area contributed by atoms with Crippen LogP contribution in [-0.4, -0.2) is 18.9 Å². The summed E-state index contributed by atoms with van der Waals surface area (Å²) in [6.45, 7) is 3.11. The lowest BCUT2D eigenvalue weighted by atomic mass is 11.3. The van der Waals surface area contributed by atoms with E-state index in [1.807, 2.05) is 0 Å². The van der Waals surface area contributed by atoms with Gasteiger partial charge < -0.3 is 9.59 Å². The smallest absolute Gasteiger partial charge is 0.407 e. The van der Waals surface area contributed by atoms with Gasteiger partial charge in [0.2, 0.25) is 0 Å². The standard InChI is InChI=1S/C2H5O2Si/c1-2-5(3)4/h2-4H,1H2. The Labute approximate surface area is 32.2 Å². The molecule has 0 saturated heterocycles. The van der Waals surface area contributed by atoms with Crippen LogP contribution in [0.1, 0.15) is 0 Å². The zero-order valence-electron chi connectivity index (χ0n) is 2.68. The summed E-state index contributed by atoms with van der Waals surface area (Å²) in [6, 6.07) is 0. The number of rotatable bonds is 1. The van der Waals surface area contributed by atoms with Crippen molar-refractivity contribution in [2.45, 2.75) is 0 Å². The molecule has 0 unspecified atom stereocenters. The fourth-order valence-corrected chi connectivity index (χ4v) is 0. The fourth-order valence-electron chi connectivity index (χ4n) is 0. The van der Waals surface area contributed by atoms with Gasteiger partial charge in [0.1, 0.15) is 0 Å². The molecule has 0 amide bonds. The van der Waals surface area contributed by atoms with Crippen LogP contribution in [0.4, 0.5) is 0 Å². The van der Waals surface area contributed by atoms with Crippen molar-refractivity contribution < 1.29 is 9.59 Å². The van der Waals surface area contributed by atoms with Crippen molar-refractivity contribution in [3.63, 3.8) is 0 Å². The van der Waals surface area contributed by atoms with Gasteiger partial charge in [0, 0.05) is 0 Å². The molecule has 0 spiro atoms. The molecule has 29 valence electrons. The van der Waals surface area contributed by atoms with Crippen LogP contribution in [0.3, 0.4) is 0 Å². The molecule has 0 bridgehead atoms. The highest BCUT2D eigenvalue weighted by molar-refractivity contribution is 6.47. The maximum atomic E-state index is 7.90. The second-order valence-electron chi connectivity index (χ2n) is 0.562. The van der Waals surface area contributed by atoms with Gasteiger partial charge in [-0.2, -0.15) is 0 Å². The summed E-state index contributed by atoms with van der Waals surface area (Å²) in [5.74, 6) is 0. The molecule has 0 heterocycles. The van der Waals surface area contributed by atoms with Gasteiger partial charge in [-0.3, -0.25) is 0 Å². The fraction of sp³-hybridized carbons (Fsp3) is 0. The zero-order chi connectivity index (χ0) is 4.28. The van der Waals surface area contributed by atoms with Gasteiger partial charge in [0.15, 0.2) is 0 Å². The van der Waals surface area contributed by atoms with E-state index in [1.54, 1.807) is 0 Å². The van der Waals surface area contributed by atoms with E-state index in [9.17, 15) is 0 Å². The summed E-state index contributed by atoms with van der Waals surface area (Å²) in [4.78, 5) is 15.8. The summed E-state index contributed by atoms with van der Waals surface area (Å²) in [6.07, 6.45) is 0. The third-order valence-electron chi connectivity index (χ3n) is 0.183. The Kier molecular flexibility index (Phi) is 2.08. The predicted octanol–water partition coefficient (Wildman–Crippen LogP) is -0.816. The molecule has 0 aliphatic rings. The highest BCUT2D eigenvalue weighted by Crippen LogP contribution is 1.60. The Hall–Kier alpha value is -0.123. The van der Waals surface area contributed by atoms with E-state index >= 15 is 0 Å². The van der Waals surface area contributed by atoms with Crippen molar-refractivity contribution in [2.75, 3.05) is 0 Å². The van der Waals surface area contributed by atoms with Crippen molar-refractivity contribution in [2.24, 2.45) is 0 Å². The Balaban J connectivity index is 2.83. The molecule has 2 N–H and O–H groups in total. The van der Waals surface area contributed by atoms with Gasteiger partial charge in [0.25, 0.3) is 0 Å². The Morgan fingerprint density at radius 3 is 1.80 bits per heavy atom. The van der Waals surface area contributed by atoms with Gasteiger partial charge in [-0.1, -0.05) is 0 Å². The van der Waals surface area contributed by atoms with Crippen molar-refractivity contribution >= 4 is 9.28 Å². The van der Waals surface area contributed by atoms with Crippen molar-refractivity contribution in [1.29, 1.82) is 0 Å². The summed E-state index contributed by atoms with van der Waals surface area (Å²) in [5, 5.41) is 0. The molecule has 0 aromatic carbocycles. The van der Waals surface area contributed by atoms with Crippen LogP contribution in [0.5, 0.6) is 0 Å². The molecule has 0 aliphatic carbocycles. The van der Waals surface area contributed by atoms with Crippen molar-refractivity contribution in [3.05, 3.63) is 12.3 Å². The Bertz CT molecular complexity index is 34.6. The molecule has 0 fully saturated rings. The minimum absolute atomic E-state index is 1.13. The lowest BCUT2D eigenvalue weighted by Crippen LogP contribution is -2.03. The Morgan fingerprint density at radius 1 is 1.60 bits per heavy atom. The van der Waals surface area contributed by atoms with Gasteiger partial charge in [-0.25, -0.2) is 0 Å². The van der Waals surface area contributed by atoms with E-state index in [1.165, 1.54) is 0 Å². The van der Waals surface area contributed by atoms with Crippen LogP contribution >= 0.6 is 0 Å². The van der Waals surface area contributed by atoms with Crippen molar-refractivity contribution in [3.8, 4) is 0 Å². The maximum Gasteiger partial charge on any atom is 0.409 e. The van der Waals surface area contributed by atoms with Crippen LogP contribution in [-0.2, 0) is 0 Å². The van der Waals surface area contributed by atoms with Crippen LogP contribution in [0.2, 0.25) is 0 Å². The summed E-state index contributed by atoms with van der Waals surface area (Å²) >= 11 is 0. The van der Waals surface area contributed by atoms with Gasteiger partial charge in [-0.15, -0.1) is 6.58 Å². The van der Waals surface area contributed by atoms with Crippen LogP contribution in [0.15, 0.2) is 12.3 Å². The lowest BCUT2D eigenvalue weighted by molar-refractivity contribution is 0.424. The molecule has 2 nitrogen and oxygen atoms in total. The molecule has 0 aromatic rings. The number of hydrogen-bond acceptors (Lipinski definition) is 2. The summed E-state index contributed by atoms with van der Waals surface area (Å²) < 4.78 is 0. The number of hydrogen-bond donors (Lipinski definition) is 2. The summed E-state index contributed by atoms with van der Waals surface area (Å²) in [5.41, 5.74) is 1.13. The molecule has 0 saturated carbocycles. The first-order valence-corrected chi connectivity index (χ1v) is 2.62. The van der Waals surface area contributed by atoms with E-state index in [2.05, 4.69) is 6.58 Å². The quantitative estimate of drug-likeness (QED) is 0.412. The monoisotopic (exact) mass is 89.0 g/mol. The van der Waals surface area contributed by atoms with Gasteiger partial charge in [0.05, 0.1) is 0 Å². The average molecular weight is 89.1 g/mol. The molecule has 0 atom stereocenters. The normalized spacial score (nSPS) is 8.60. The van der Waals surface area contributed by atoms with Gasteiger partial charge in [-0.05, 0) is 5.70 Å². The van der Waals surface area contributed by atoms with Gasteiger partial charge >= 0.3 is 9.28 Å². The second-order valence-corrected chi connectivity index (χ2v) is 1.69. The topological polar surface area (TPSA) is 40.5 Å². The first-order valence-electron chi connectivity index (χ1n) is 1.14. The summed E-state index contributed by atoms with van der Waals surface area (Å²) in [7, 11) is -2.11. The largest absolute Gasteiger partial charge is 0.409 e.